The lowest BCUT2D eigenvalue weighted by Crippen LogP contribution is -2.16. The van der Waals surface area contributed by atoms with E-state index in [1.165, 1.54) is 0 Å². The minimum absolute atomic E-state index is 0.0145. The molecule has 1 atom stereocenters. The van der Waals surface area contributed by atoms with Gasteiger partial charge in [-0.15, -0.1) is 10.2 Å². The quantitative estimate of drug-likeness (QED) is 0.939. The third kappa shape index (κ3) is 4.70. The molecule has 0 bridgehead atoms. The van der Waals surface area contributed by atoms with Gasteiger partial charge in [-0.1, -0.05) is 39.0 Å². The summed E-state index contributed by atoms with van der Waals surface area (Å²) in [5.74, 6) is 1.71. The van der Waals surface area contributed by atoms with Gasteiger partial charge in [0.1, 0.15) is 11.6 Å². The summed E-state index contributed by atoms with van der Waals surface area (Å²) in [7, 11) is 1.91. The number of aryl methyl sites for hydroxylation is 1. The van der Waals surface area contributed by atoms with E-state index in [1.54, 1.807) is 0 Å². The number of benzene rings is 1. The zero-order valence-electron chi connectivity index (χ0n) is 13.4. The minimum atomic E-state index is -0.0145. The predicted octanol–water partition coefficient (Wildman–Crippen LogP) is 3.28. The normalized spacial score (nSPS) is 11.3. The maximum absolute atomic E-state index is 11.9. The average Bonchev–Trinajstić information content (AvgIpc) is 2.82. The molecule has 1 aromatic heterocycles. The second kappa shape index (κ2) is 8.19. The molecular formula is C16H24N4O. The number of amides is 1. The van der Waals surface area contributed by atoms with Crippen LogP contribution in [0.5, 0.6) is 0 Å². The van der Waals surface area contributed by atoms with E-state index < -0.39 is 0 Å². The Labute approximate surface area is 126 Å². The van der Waals surface area contributed by atoms with E-state index >= 15 is 0 Å². The highest BCUT2D eigenvalue weighted by Gasteiger charge is 2.17. The molecule has 114 valence electrons. The number of aromatic nitrogens is 3. The average molecular weight is 288 g/mol. The number of nitrogens with zero attached hydrogens (tertiary/aromatic N) is 3. The summed E-state index contributed by atoms with van der Waals surface area (Å²) in [5, 5.41) is 11.0. The van der Waals surface area contributed by atoms with Crippen LogP contribution in [-0.2, 0) is 11.8 Å². The van der Waals surface area contributed by atoms with Crippen LogP contribution in [0.3, 0.4) is 0 Å². The summed E-state index contributed by atoms with van der Waals surface area (Å²) in [4.78, 5) is 11.9. The fourth-order valence-corrected chi connectivity index (χ4v) is 1.96. The molecule has 0 spiro atoms. The van der Waals surface area contributed by atoms with Crippen LogP contribution < -0.4 is 5.32 Å². The summed E-state index contributed by atoms with van der Waals surface area (Å²) in [6, 6.07) is 9.45. The van der Waals surface area contributed by atoms with Gasteiger partial charge in [-0.3, -0.25) is 4.79 Å². The summed E-state index contributed by atoms with van der Waals surface area (Å²) < 4.78 is 1.92. The van der Waals surface area contributed by atoms with Gasteiger partial charge in [0.15, 0.2) is 0 Å². The maximum Gasteiger partial charge on any atom is 0.225 e. The Morgan fingerprint density at radius 1 is 1.24 bits per heavy atom. The molecule has 0 aliphatic heterocycles. The predicted molar refractivity (Wildman–Crippen MR) is 85.2 cm³/mol. The van der Waals surface area contributed by atoms with Gasteiger partial charge in [0.05, 0.1) is 0 Å². The molecule has 1 heterocycles. The van der Waals surface area contributed by atoms with Crippen molar-refractivity contribution < 1.29 is 4.79 Å². The van der Waals surface area contributed by atoms with E-state index in [4.69, 9.17) is 0 Å². The van der Waals surface area contributed by atoms with Crippen molar-refractivity contribution in [1.29, 1.82) is 0 Å². The van der Waals surface area contributed by atoms with Gasteiger partial charge < -0.3 is 9.88 Å². The molecule has 2 aromatic rings. The number of carbonyl (C=O) groups is 1. The Morgan fingerprint density at radius 2 is 1.86 bits per heavy atom. The van der Waals surface area contributed by atoms with Gasteiger partial charge >= 0.3 is 0 Å². The highest BCUT2D eigenvalue weighted by Crippen LogP contribution is 2.18. The molecule has 5 nitrogen and oxygen atoms in total. The van der Waals surface area contributed by atoms with Gasteiger partial charge in [0, 0.05) is 25.1 Å². The molecule has 5 heteroatoms. The van der Waals surface area contributed by atoms with E-state index in [1.807, 2.05) is 69.6 Å². The Bertz CT molecular complexity index is 563. The SMILES string of the molecule is CC.Cc1nnc([C@H](C)CC(=O)Nc2ccccc2)n1C. The van der Waals surface area contributed by atoms with Gasteiger partial charge in [-0.05, 0) is 19.1 Å². The third-order valence-corrected chi connectivity index (χ3v) is 3.12. The van der Waals surface area contributed by atoms with E-state index in [2.05, 4.69) is 15.5 Å². The molecule has 0 radical (unpaired) electrons. The van der Waals surface area contributed by atoms with Crippen molar-refractivity contribution in [1.82, 2.24) is 14.8 Å². The fourth-order valence-electron chi connectivity index (χ4n) is 1.96. The molecule has 0 fully saturated rings. The van der Waals surface area contributed by atoms with Crippen molar-refractivity contribution in [2.45, 2.75) is 40.0 Å². The van der Waals surface area contributed by atoms with Crippen molar-refractivity contribution in [3.05, 3.63) is 42.0 Å². The van der Waals surface area contributed by atoms with Crippen molar-refractivity contribution >= 4 is 11.6 Å². The first-order valence-corrected chi connectivity index (χ1v) is 7.28. The van der Waals surface area contributed by atoms with Crippen LogP contribution in [-0.4, -0.2) is 20.7 Å². The number of para-hydroxylation sites is 1. The van der Waals surface area contributed by atoms with Gasteiger partial charge in [-0.2, -0.15) is 0 Å². The van der Waals surface area contributed by atoms with E-state index in [0.29, 0.717) is 6.42 Å². The number of anilines is 1. The highest BCUT2D eigenvalue weighted by atomic mass is 16.1. The van der Waals surface area contributed by atoms with Crippen LogP contribution >= 0.6 is 0 Å². The second-order valence-corrected chi connectivity index (χ2v) is 4.68. The molecule has 0 unspecified atom stereocenters. The number of carbonyl (C=O) groups excluding carboxylic acids is 1. The first kappa shape index (κ1) is 16.9. The van der Waals surface area contributed by atoms with Crippen LogP contribution in [0.15, 0.2) is 30.3 Å². The zero-order valence-corrected chi connectivity index (χ0v) is 13.4. The molecule has 1 N–H and O–H groups in total. The number of hydrogen-bond donors (Lipinski definition) is 1. The highest BCUT2D eigenvalue weighted by molar-refractivity contribution is 5.91. The monoisotopic (exact) mass is 288 g/mol. The van der Waals surface area contributed by atoms with Crippen LogP contribution in [0, 0.1) is 6.92 Å². The lowest BCUT2D eigenvalue weighted by molar-refractivity contribution is -0.116. The van der Waals surface area contributed by atoms with Gasteiger partial charge in [0.25, 0.3) is 0 Å². The molecule has 1 aromatic carbocycles. The first-order chi connectivity index (χ1) is 10.1. The molecular weight excluding hydrogens is 264 g/mol. The Balaban J connectivity index is 0.00000106. The summed E-state index contributed by atoms with van der Waals surface area (Å²) >= 11 is 0. The first-order valence-electron chi connectivity index (χ1n) is 7.28. The van der Waals surface area contributed by atoms with Crippen molar-refractivity contribution in [3.63, 3.8) is 0 Å². The summed E-state index contributed by atoms with van der Waals surface area (Å²) in [5.41, 5.74) is 0.814. The summed E-state index contributed by atoms with van der Waals surface area (Å²) in [6.45, 7) is 7.88. The summed E-state index contributed by atoms with van der Waals surface area (Å²) in [6.07, 6.45) is 0.390. The third-order valence-electron chi connectivity index (χ3n) is 3.12. The Morgan fingerprint density at radius 3 is 2.38 bits per heavy atom. The molecule has 0 saturated heterocycles. The van der Waals surface area contributed by atoms with Crippen LogP contribution in [0.1, 0.15) is 44.8 Å². The van der Waals surface area contributed by atoms with Crippen molar-refractivity contribution in [3.8, 4) is 0 Å². The zero-order chi connectivity index (χ0) is 15.8. The lowest BCUT2D eigenvalue weighted by atomic mass is 10.1. The maximum atomic E-state index is 11.9. The van der Waals surface area contributed by atoms with E-state index in [-0.39, 0.29) is 11.8 Å². The molecule has 0 aliphatic carbocycles. The molecule has 1 amide bonds. The minimum Gasteiger partial charge on any atom is -0.326 e. The Kier molecular flexibility index (Phi) is 6.59. The topological polar surface area (TPSA) is 59.8 Å². The number of nitrogens with one attached hydrogen (secondary N) is 1. The second-order valence-electron chi connectivity index (χ2n) is 4.68. The largest absolute Gasteiger partial charge is 0.326 e. The lowest BCUT2D eigenvalue weighted by Gasteiger charge is -2.11. The van der Waals surface area contributed by atoms with Crippen molar-refractivity contribution in [2.24, 2.45) is 7.05 Å². The molecule has 2 rings (SSSR count). The van der Waals surface area contributed by atoms with Gasteiger partial charge in [0.2, 0.25) is 5.91 Å². The van der Waals surface area contributed by atoms with Crippen molar-refractivity contribution in [2.75, 3.05) is 5.32 Å². The van der Waals surface area contributed by atoms with E-state index in [0.717, 1.165) is 17.3 Å². The van der Waals surface area contributed by atoms with Crippen LogP contribution in [0.25, 0.3) is 0 Å². The molecule has 0 saturated carbocycles. The smallest absolute Gasteiger partial charge is 0.225 e. The molecule has 21 heavy (non-hydrogen) atoms. The number of rotatable bonds is 4. The fraction of sp³-hybridized carbons (Fsp3) is 0.438. The van der Waals surface area contributed by atoms with Crippen LogP contribution in [0.4, 0.5) is 5.69 Å². The number of hydrogen-bond acceptors (Lipinski definition) is 3. The van der Waals surface area contributed by atoms with E-state index in [9.17, 15) is 4.79 Å². The standard InChI is InChI=1S/C14H18N4O.C2H6/c1-10(14-17-16-11(2)18(14)3)9-13(19)15-12-7-5-4-6-8-12;1-2/h4-8,10H,9H2,1-3H3,(H,15,19);1-2H3/t10-;/m1./s1. The Hall–Kier alpha value is -2.17. The van der Waals surface area contributed by atoms with Crippen LogP contribution in [0.2, 0.25) is 0 Å². The molecule has 0 aliphatic rings. The van der Waals surface area contributed by atoms with Gasteiger partial charge in [-0.25, -0.2) is 0 Å².